The molecule has 11 heteroatoms. The zero-order valence-electron chi connectivity index (χ0n) is 21.2. The monoisotopic (exact) mass is 524 g/mol. The first-order valence-electron chi connectivity index (χ1n) is 11.5. The van der Waals surface area contributed by atoms with Gasteiger partial charge in [-0.05, 0) is 36.3 Å². The number of carbonyl (C=O) groups is 2. The first kappa shape index (κ1) is 27.2. The van der Waals surface area contributed by atoms with Gasteiger partial charge in [-0.1, -0.05) is 53.1 Å². The molecule has 0 aliphatic carbocycles. The molecule has 35 heavy (non-hydrogen) atoms. The number of rotatable bonds is 6. The summed E-state index contributed by atoms with van der Waals surface area (Å²) in [6.07, 6.45) is 0.705. The summed E-state index contributed by atoms with van der Waals surface area (Å²) in [6.45, 7) is 14.1. The molecule has 0 spiro atoms. The quantitative estimate of drug-likeness (QED) is 0.465. The predicted octanol–water partition coefficient (Wildman–Crippen LogP) is 4.62. The zero-order chi connectivity index (χ0) is 26.5. The van der Waals surface area contributed by atoms with Gasteiger partial charge in [0.15, 0.2) is 5.84 Å². The lowest BCUT2D eigenvalue weighted by atomic mass is 9.84. The molecule has 192 valence electrons. The van der Waals surface area contributed by atoms with E-state index in [1.807, 2.05) is 20.8 Å². The number of amidine groups is 1. The van der Waals surface area contributed by atoms with E-state index in [4.69, 9.17) is 21.9 Å². The number of nitrogens with zero attached hydrogens (tertiary/aromatic N) is 2. The van der Waals surface area contributed by atoms with Crippen molar-refractivity contribution in [3.63, 3.8) is 0 Å². The van der Waals surface area contributed by atoms with Crippen LogP contribution < -0.4 is 16.4 Å². The van der Waals surface area contributed by atoms with Crippen LogP contribution in [0, 0.1) is 10.8 Å². The van der Waals surface area contributed by atoms with Crippen LogP contribution in [0.15, 0.2) is 28.2 Å². The topological polar surface area (TPSA) is 134 Å². The molecule has 1 aromatic rings. The highest BCUT2D eigenvalue weighted by Gasteiger charge is 2.49. The molecular weight excluding hydrogens is 491 g/mol. The lowest BCUT2D eigenvalue weighted by Gasteiger charge is -2.36. The van der Waals surface area contributed by atoms with E-state index in [0.29, 0.717) is 13.0 Å². The van der Waals surface area contributed by atoms with E-state index in [1.54, 1.807) is 11.8 Å². The Kier molecular flexibility index (Phi) is 7.21. The summed E-state index contributed by atoms with van der Waals surface area (Å²) in [5.74, 6) is -1.56. The minimum absolute atomic E-state index is 0.0256. The van der Waals surface area contributed by atoms with Gasteiger partial charge in [-0.3, -0.25) is 14.2 Å². The Morgan fingerprint density at radius 3 is 2.43 bits per heavy atom. The maximum Gasteiger partial charge on any atom is 0.348 e. The van der Waals surface area contributed by atoms with Crippen molar-refractivity contribution in [2.75, 3.05) is 18.5 Å². The highest BCUT2D eigenvalue weighted by molar-refractivity contribution is 7.66. The number of nitrogens with two attached hydrogens (primary N) is 1. The number of aliphatic hydroxyl groups excluding tert-OH is 1. The number of anilines is 1. The van der Waals surface area contributed by atoms with Crippen molar-refractivity contribution >= 4 is 47.8 Å². The molecule has 2 atom stereocenters. The highest BCUT2D eigenvalue weighted by Crippen LogP contribution is 2.53. The molecule has 2 amide bonds. The van der Waals surface area contributed by atoms with Gasteiger partial charge in [0.2, 0.25) is 0 Å². The van der Waals surface area contributed by atoms with E-state index in [-0.39, 0.29) is 50.8 Å². The van der Waals surface area contributed by atoms with Gasteiger partial charge in [-0.2, -0.15) is 4.76 Å². The van der Waals surface area contributed by atoms with Crippen molar-refractivity contribution in [2.45, 2.75) is 60.9 Å². The minimum Gasteiger partial charge on any atom is -0.509 e. The number of carbonyl (C=O) groups excluding carboxylic acids is 2. The fourth-order valence-electron chi connectivity index (χ4n) is 4.30. The van der Waals surface area contributed by atoms with Crippen LogP contribution in [-0.2, 0) is 13.9 Å². The molecule has 0 fully saturated rings. The number of amides is 2. The second-order valence-corrected chi connectivity index (χ2v) is 13.5. The largest absolute Gasteiger partial charge is 0.509 e. The summed E-state index contributed by atoms with van der Waals surface area (Å²) >= 11 is 6.15. The molecule has 0 saturated heterocycles. The van der Waals surface area contributed by atoms with E-state index in [2.05, 4.69) is 30.9 Å². The SMILES string of the molecule is CCOP1(=O)N=C(C2=C(O)[C@H](C(C)(C)C)N(CCC(C)(C)C)C2=O)Nc2c(C(N)=O)cc(Cl)cc21. The van der Waals surface area contributed by atoms with Crippen molar-refractivity contribution < 1.29 is 23.8 Å². The van der Waals surface area contributed by atoms with Gasteiger partial charge in [0, 0.05) is 11.6 Å². The number of primary amides is 1. The molecule has 0 bridgehead atoms. The van der Waals surface area contributed by atoms with Crippen LogP contribution in [0.3, 0.4) is 0 Å². The van der Waals surface area contributed by atoms with Crippen LogP contribution in [-0.4, -0.2) is 46.8 Å². The second-order valence-electron chi connectivity index (χ2n) is 11.1. The second kappa shape index (κ2) is 9.26. The number of halogens is 1. The molecule has 1 unspecified atom stereocenters. The van der Waals surface area contributed by atoms with Crippen molar-refractivity contribution in [3.05, 3.63) is 34.1 Å². The first-order chi connectivity index (χ1) is 16.0. The van der Waals surface area contributed by atoms with Crippen molar-refractivity contribution in [3.8, 4) is 0 Å². The summed E-state index contributed by atoms with van der Waals surface area (Å²) in [5.41, 5.74) is 4.99. The molecule has 4 N–H and O–H groups in total. The minimum atomic E-state index is -3.96. The smallest absolute Gasteiger partial charge is 0.348 e. The van der Waals surface area contributed by atoms with E-state index in [1.165, 1.54) is 12.1 Å². The number of nitrogens with one attached hydrogen (secondary N) is 1. The highest BCUT2D eigenvalue weighted by atomic mass is 35.5. The molecule has 2 aliphatic rings. The van der Waals surface area contributed by atoms with Crippen LogP contribution in [0.4, 0.5) is 5.69 Å². The maximum atomic E-state index is 13.9. The summed E-state index contributed by atoms with van der Waals surface area (Å²) < 4.78 is 23.7. The molecule has 0 aromatic heterocycles. The van der Waals surface area contributed by atoms with E-state index in [0.717, 1.165) is 0 Å². The van der Waals surface area contributed by atoms with Gasteiger partial charge in [-0.15, -0.1) is 0 Å². The fraction of sp³-hybridized carbons (Fsp3) is 0.542. The predicted molar refractivity (Wildman–Crippen MR) is 139 cm³/mol. The van der Waals surface area contributed by atoms with E-state index < -0.39 is 30.8 Å². The molecule has 0 saturated carbocycles. The Bertz CT molecular complexity index is 1180. The number of fused-ring (bicyclic) bond motifs is 1. The van der Waals surface area contributed by atoms with Gasteiger partial charge in [0.05, 0.1) is 29.2 Å². The summed E-state index contributed by atoms with van der Waals surface area (Å²) in [4.78, 5) is 27.5. The third kappa shape index (κ3) is 5.27. The third-order valence-corrected chi connectivity index (χ3v) is 8.14. The average Bonchev–Trinajstić information content (AvgIpc) is 2.95. The van der Waals surface area contributed by atoms with Crippen molar-refractivity contribution in [2.24, 2.45) is 21.3 Å². The van der Waals surface area contributed by atoms with Crippen molar-refractivity contribution in [1.82, 2.24) is 4.90 Å². The van der Waals surface area contributed by atoms with Gasteiger partial charge >= 0.3 is 7.52 Å². The molecule has 2 heterocycles. The Morgan fingerprint density at radius 2 is 1.91 bits per heavy atom. The van der Waals surface area contributed by atoms with Crippen LogP contribution in [0.1, 0.15) is 65.2 Å². The van der Waals surface area contributed by atoms with E-state index in [9.17, 15) is 19.3 Å². The molecule has 0 radical (unpaired) electrons. The zero-order valence-corrected chi connectivity index (χ0v) is 22.9. The molecule has 1 aromatic carbocycles. The molecule has 2 aliphatic heterocycles. The van der Waals surface area contributed by atoms with Gasteiger partial charge in [0.25, 0.3) is 11.8 Å². The molecular formula is C24H34ClN4O5P. The summed E-state index contributed by atoms with van der Waals surface area (Å²) in [5, 5.41) is 14.5. The van der Waals surface area contributed by atoms with Gasteiger partial charge in [0.1, 0.15) is 11.3 Å². The van der Waals surface area contributed by atoms with Gasteiger partial charge < -0.3 is 25.6 Å². The molecule has 3 rings (SSSR count). The number of benzene rings is 1. The Hall–Kier alpha value is -2.35. The average molecular weight is 525 g/mol. The fourth-order valence-corrected chi connectivity index (χ4v) is 6.42. The van der Waals surface area contributed by atoms with Crippen LogP contribution in [0.2, 0.25) is 5.02 Å². The summed E-state index contributed by atoms with van der Waals surface area (Å²) in [6, 6.07) is 2.11. The van der Waals surface area contributed by atoms with Crippen LogP contribution >= 0.6 is 19.1 Å². The van der Waals surface area contributed by atoms with E-state index >= 15 is 0 Å². The normalized spacial score (nSPS) is 22.7. The maximum absolute atomic E-state index is 13.9. The Labute approximate surface area is 211 Å². The Balaban J connectivity index is 2.19. The summed E-state index contributed by atoms with van der Waals surface area (Å²) in [7, 11) is -3.96. The Morgan fingerprint density at radius 1 is 1.29 bits per heavy atom. The number of hydrogen-bond acceptors (Lipinski definition) is 6. The third-order valence-electron chi connectivity index (χ3n) is 5.89. The molecule has 9 nitrogen and oxygen atoms in total. The lowest BCUT2D eigenvalue weighted by Crippen LogP contribution is -2.45. The lowest BCUT2D eigenvalue weighted by molar-refractivity contribution is -0.128. The standard InChI is InChI=1S/C24H34ClN4O5P/c1-8-34-35(33)15-12-13(25)11-14(20(26)31)17(15)27-21(28-35)16-18(30)19(24(5,6)7)29(22(16)32)10-9-23(2,3)4/h11-12,19,30H,8-10H2,1-7H3,(H2,26,31)(H,27,28,33)/t19-,35?/m1/s1. The van der Waals surface area contributed by atoms with Gasteiger partial charge in [-0.25, -0.2) is 0 Å². The van der Waals surface area contributed by atoms with Crippen LogP contribution in [0.25, 0.3) is 0 Å². The van der Waals surface area contributed by atoms with Crippen molar-refractivity contribution in [1.29, 1.82) is 0 Å². The first-order valence-corrected chi connectivity index (χ1v) is 13.5. The number of hydrogen-bond donors (Lipinski definition) is 3. The number of aliphatic hydroxyl groups is 1. The van der Waals surface area contributed by atoms with Crippen LogP contribution in [0.5, 0.6) is 0 Å².